The van der Waals surface area contributed by atoms with Gasteiger partial charge in [-0.15, -0.1) is 0 Å². The van der Waals surface area contributed by atoms with Crippen molar-refractivity contribution in [2.75, 3.05) is 0 Å². The molecular weight excluding hydrogens is 223 g/mol. The molecule has 0 nitrogen and oxygen atoms in total. The molecule has 0 aliphatic carbocycles. The average molecular weight is 236 g/mol. The molecule has 0 rings (SSSR count). The van der Waals surface area contributed by atoms with Crippen LogP contribution in [0.15, 0.2) is 0 Å². The van der Waals surface area contributed by atoms with Gasteiger partial charge < -0.3 is 0 Å². The van der Waals surface area contributed by atoms with Crippen molar-refractivity contribution in [1.29, 1.82) is 0 Å². The monoisotopic (exact) mass is 238 g/mol. The van der Waals surface area contributed by atoms with Gasteiger partial charge >= 0.3 is 76.1 Å². The van der Waals surface area contributed by atoms with E-state index >= 15 is 0 Å². The van der Waals surface area contributed by atoms with E-state index in [0.29, 0.717) is 15.5 Å². The van der Waals surface area contributed by atoms with E-state index in [9.17, 15) is 0 Å². The topological polar surface area (TPSA) is 0 Å². The zero-order chi connectivity index (χ0) is 6.24. The molecule has 0 aromatic carbocycles. The molecule has 44 valence electrons. The minimum atomic E-state index is 0.588. The van der Waals surface area contributed by atoms with E-state index < -0.39 is 0 Å². The van der Waals surface area contributed by atoms with Crippen LogP contribution in [-0.4, -0.2) is 39.1 Å². The Morgan fingerprint density at radius 1 is 1.25 bits per heavy atom. The maximum atomic E-state index is 2.28. The zero-order valence-corrected chi connectivity index (χ0v) is 10.3. The molecular formula is C6H13NaTe. The molecule has 0 aromatic heterocycles. The molecule has 8 heavy (non-hydrogen) atoms. The second-order valence-corrected chi connectivity index (χ2v) is 8.74. The molecule has 0 N–H and O–H groups in total. The van der Waals surface area contributed by atoms with E-state index in [-0.39, 0.29) is 0 Å². The molecule has 0 amide bonds. The van der Waals surface area contributed by atoms with Crippen molar-refractivity contribution in [1.82, 2.24) is 0 Å². The van der Waals surface area contributed by atoms with Gasteiger partial charge in [-0.2, -0.15) is 0 Å². The Balaban J connectivity index is 2.53. The molecule has 0 aliphatic heterocycles. The SMILES string of the molecule is CCCCCC[Te][Na]. The average Bonchev–Trinajstić information content (AvgIpc) is 1.81. The molecule has 2 heteroatoms. The Labute approximate surface area is 75.2 Å². The fourth-order valence-corrected chi connectivity index (χ4v) is 4.02. The van der Waals surface area contributed by atoms with Gasteiger partial charge in [-0.05, 0) is 0 Å². The summed E-state index contributed by atoms with van der Waals surface area (Å²) in [6.07, 6.45) is 5.90. The first kappa shape index (κ1) is 9.79. The number of rotatable bonds is 5. The normalized spacial score (nSPS) is 9.88. The summed E-state index contributed by atoms with van der Waals surface area (Å²) in [7, 11) is 0. The Bertz CT molecular complexity index is 33.5. The van der Waals surface area contributed by atoms with Crippen molar-refractivity contribution >= 4 is 39.1 Å². The van der Waals surface area contributed by atoms with Crippen molar-refractivity contribution in [2.45, 2.75) is 37.1 Å². The van der Waals surface area contributed by atoms with Gasteiger partial charge in [-0.1, -0.05) is 0 Å². The molecule has 0 spiro atoms. The van der Waals surface area contributed by atoms with Gasteiger partial charge in [0.2, 0.25) is 0 Å². The van der Waals surface area contributed by atoms with E-state index in [1.807, 2.05) is 0 Å². The summed E-state index contributed by atoms with van der Waals surface area (Å²) in [5, 5.41) is 0. The standard InChI is InChI=1S/C6H14Te.Na/c1-2-3-4-5-6-7;/h7H,2-6H2,1H3;/q;+1/p-1. The maximum absolute atomic E-state index is 2.28. The van der Waals surface area contributed by atoms with Crippen LogP contribution in [0.25, 0.3) is 0 Å². The molecule has 0 saturated heterocycles. The van der Waals surface area contributed by atoms with E-state index in [1.165, 1.54) is 42.8 Å². The molecule has 0 saturated carbocycles. The van der Waals surface area contributed by atoms with Crippen LogP contribution in [0.4, 0.5) is 0 Å². The van der Waals surface area contributed by atoms with Gasteiger partial charge in [-0.25, -0.2) is 0 Å². The van der Waals surface area contributed by atoms with E-state index in [1.54, 1.807) is 10.9 Å². The van der Waals surface area contributed by atoms with Crippen molar-refractivity contribution in [3.8, 4) is 0 Å². The molecule has 0 heterocycles. The first-order chi connectivity index (χ1) is 3.91. The second-order valence-electron chi connectivity index (χ2n) is 2.05. The summed E-state index contributed by atoms with van der Waals surface area (Å²) in [6, 6.07) is 0. The quantitative estimate of drug-likeness (QED) is 0.503. The number of hydrogen-bond donors (Lipinski definition) is 0. The van der Waals surface area contributed by atoms with E-state index in [0.717, 1.165) is 0 Å². The zero-order valence-electron chi connectivity index (χ0n) is 5.94. The van der Waals surface area contributed by atoms with Gasteiger partial charge in [0.1, 0.15) is 0 Å². The van der Waals surface area contributed by atoms with Crippen molar-refractivity contribution < 1.29 is 0 Å². The summed E-state index contributed by atoms with van der Waals surface area (Å²) in [5.41, 5.74) is 0. The van der Waals surface area contributed by atoms with Crippen molar-refractivity contribution in [2.24, 2.45) is 0 Å². The van der Waals surface area contributed by atoms with E-state index in [2.05, 4.69) is 6.92 Å². The summed E-state index contributed by atoms with van der Waals surface area (Å²) in [6.45, 7) is 2.28. The predicted octanol–water partition coefficient (Wildman–Crippen LogP) is 1.77. The van der Waals surface area contributed by atoms with E-state index in [4.69, 9.17) is 0 Å². The van der Waals surface area contributed by atoms with Crippen LogP contribution in [-0.2, 0) is 0 Å². The summed E-state index contributed by atoms with van der Waals surface area (Å²) in [5.74, 6) is 0. The number of unbranched alkanes of at least 4 members (excludes halogenated alkanes) is 3. The molecule has 0 fully saturated rings. The second kappa shape index (κ2) is 8.79. The minimum absolute atomic E-state index is 0.588. The molecule has 0 radical (unpaired) electrons. The van der Waals surface area contributed by atoms with Crippen LogP contribution >= 0.6 is 0 Å². The van der Waals surface area contributed by atoms with Gasteiger partial charge in [0.15, 0.2) is 0 Å². The molecule has 0 bridgehead atoms. The Morgan fingerprint density at radius 3 is 2.50 bits per heavy atom. The fourth-order valence-electron chi connectivity index (χ4n) is 0.673. The third kappa shape index (κ3) is 7.79. The Hall–Kier alpha value is 1.79. The summed E-state index contributed by atoms with van der Waals surface area (Å²) >= 11 is 2.12. The fraction of sp³-hybridized carbons (Fsp3) is 1.00. The molecule has 0 unspecified atom stereocenters. The van der Waals surface area contributed by atoms with Gasteiger partial charge in [0.25, 0.3) is 0 Å². The first-order valence-electron chi connectivity index (χ1n) is 3.40. The first-order valence-corrected chi connectivity index (χ1v) is 12.9. The van der Waals surface area contributed by atoms with Crippen LogP contribution in [0.5, 0.6) is 0 Å². The summed E-state index contributed by atoms with van der Waals surface area (Å²) < 4.78 is 1.62. The van der Waals surface area contributed by atoms with Crippen molar-refractivity contribution in [3.63, 3.8) is 0 Å². The van der Waals surface area contributed by atoms with Gasteiger partial charge in [0, 0.05) is 0 Å². The van der Waals surface area contributed by atoms with Crippen LogP contribution < -0.4 is 0 Å². The number of hydrogen-bond acceptors (Lipinski definition) is 0. The van der Waals surface area contributed by atoms with Crippen LogP contribution in [0, 0.1) is 0 Å². The molecule has 0 aromatic rings. The van der Waals surface area contributed by atoms with Crippen LogP contribution in [0.2, 0.25) is 4.47 Å². The van der Waals surface area contributed by atoms with Crippen LogP contribution in [0.3, 0.4) is 0 Å². The summed E-state index contributed by atoms with van der Waals surface area (Å²) in [4.78, 5) is 0. The third-order valence-corrected chi connectivity index (χ3v) is 5.93. The molecule has 0 aliphatic rings. The Kier molecular flexibility index (Phi) is 10.8. The molecule has 0 atom stereocenters. The van der Waals surface area contributed by atoms with Gasteiger partial charge in [-0.3, -0.25) is 0 Å². The van der Waals surface area contributed by atoms with Gasteiger partial charge in [0.05, 0.1) is 0 Å². The van der Waals surface area contributed by atoms with Crippen LogP contribution in [0.1, 0.15) is 32.6 Å². The Morgan fingerprint density at radius 2 is 2.00 bits per heavy atom. The van der Waals surface area contributed by atoms with Crippen molar-refractivity contribution in [3.05, 3.63) is 0 Å². The third-order valence-electron chi connectivity index (χ3n) is 1.20. The predicted molar refractivity (Wildman–Crippen MR) is 40.5 cm³/mol.